The highest BCUT2D eigenvalue weighted by atomic mass is 79.9. The normalized spacial score (nSPS) is 12.7. The molecule has 2 atom stereocenters. The fraction of sp³-hybridized carbons (Fsp3) is 0.762. The van der Waals surface area contributed by atoms with Crippen molar-refractivity contribution in [3.63, 3.8) is 0 Å². The maximum absolute atomic E-state index is 3.92. The highest BCUT2D eigenvalue weighted by Crippen LogP contribution is 2.21. The largest absolute Gasteiger partial charge is 0.385 e. The first-order valence-corrected chi connectivity index (χ1v) is 22.2. The summed E-state index contributed by atoms with van der Waals surface area (Å²) in [5, 5.41) is 7.22. The minimum absolute atomic E-state index is 0.366. The summed E-state index contributed by atoms with van der Waals surface area (Å²) in [6, 6.07) is 8.89. The van der Waals surface area contributed by atoms with Gasteiger partial charge in [-0.3, -0.25) is 0 Å². The maximum Gasteiger partial charge on any atom is 0.211 e. The van der Waals surface area contributed by atoms with Gasteiger partial charge in [0.1, 0.15) is 0 Å². The van der Waals surface area contributed by atoms with Crippen molar-refractivity contribution in [2.75, 3.05) is 23.7 Å². The van der Waals surface area contributed by atoms with Gasteiger partial charge < -0.3 is 10.6 Å². The zero-order valence-electron chi connectivity index (χ0n) is 31.2. The zero-order chi connectivity index (χ0) is 34.3. The zero-order valence-corrected chi connectivity index (χ0v) is 34.4. The number of hydrogen-bond donors (Lipinski definition) is 2. The molecule has 2 aromatic heterocycles. The number of nitrogens with one attached hydrogen (secondary N) is 2. The van der Waals surface area contributed by atoms with Crippen LogP contribution in [0.15, 0.2) is 49.1 Å². The van der Waals surface area contributed by atoms with Gasteiger partial charge in [0.15, 0.2) is 24.8 Å². The predicted molar refractivity (Wildman–Crippen MR) is 218 cm³/mol. The SMILES string of the molecule is CCCCCCCCCCCCNc1cc[n+](C(Br)CCCCCCC(Br)[n+]2ccc(NCCCCCCCCCCCC)cc2)cc1. The summed E-state index contributed by atoms with van der Waals surface area (Å²) >= 11 is 7.84. The first kappa shape index (κ1) is 43.0. The molecule has 0 saturated heterocycles. The lowest BCUT2D eigenvalue weighted by molar-refractivity contribution is -0.698. The van der Waals surface area contributed by atoms with E-state index in [1.165, 1.54) is 165 Å². The Balaban J connectivity index is 1.44. The molecule has 6 heteroatoms. The Morgan fingerprint density at radius 3 is 1.00 bits per heavy atom. The molecule has 2 aromatic rings. The lowest BCUT2D eigenvalue weighted by Gasteiger charge is -2.09. The summed E-state index contributed by atoms with van der Waals surface area (Å²) in [7, 11) is 0. The van der Waals surface area contributed by atoms with Crippen molar-refractivity contribution in [3.8, 4) is 0 Å². The molecule has 0 aliphatic heterocycles. The second-order valence-corrected chi connectivity index (χ2v) is 16.3. The Hall–Kier alpha value is -1.14. The lowest BCUT2D eigenvalue weighted by atomic mass is 10.1. The van der Waals surface area contributed by atoms with E-state index in [0.29, 0.717) is 9.90 Å². The smallest absolute Gasteiger partial charge is 0.211 e. The Bertz CT molecular complexity index is 889. The van der Waals surface area contributed by atoms with Gasteiger partial charge in [-0.2, -0.15) is 9.13 Å². The quantitative estimate of drug-likeness (QED) is 0.0428. The number of alkyl halides is 2. The van der Waals surface area contributed by atoms with Crippen LogP contribution in [0.1, 0.15) is 191 Å². The minimum Gasteiger partial charge on any atom is -0.385 e. The van der Waals surface area contributed by atoms with E-state index < -0.39 is 0 Å². The molecular weight excluding hydrogens is 720 g/mol. The van der Waals surface area contributed by atoms with Crippen LogP contribution in [0, 0.1) is 0 Å². The van der Waals surface area contributed by atoms with Crippen LogP contribution in [-0.2, 0) is 0 Å². The van der Waals surface area contributed by atoms with E-state index in [1.807, 2.05) is 0 Å². The molecule has 0 amide bonds. The predicted octanol–water partition coefficient (Wildman–Crippen LogP) is 13.8. The monoisotopic (exact) mass is 792 g/mol. The second kappa shape index (κ2) is 30.7. The van der Waals surface area contributed by atoms with Gasteiger partial charge in [-0.25, -0.2) is 0 Å². The summed E-state index contributed by atoms with van der Waals surface area (Å²) in [4.78, 5) is 0.732. The van der Waals surface area contributed by atoms with Gasteiger partial charge in [-0.1, -0.05) is 142 Å². The maximum atomic E-state index is 3.92. The van der Waals surface area contributed by atoms with Crippen molar-refractivity contribution < 1.29 is 9.13 Å². The van der Waals surface area contributed by atoms with E-state index in [1.54, 1.807) is 0 Å². The number of unbranched alkanes of at least 4 members (excludes halogenated alkanes) is 21. The molecule has 0 aliphatic carbocycles. The van der Waals surface area contributed by atoms with Gasteiger partial charge in [0, 0.05) is 61.6 Å². The van der Waals surface area contributed by atoms with Gasteiger partial charge in [0.2, 0.25) is 9.90 Å². The molecule has 2 rings (SSSR count). The van der Waals surface area contributed by atoms with E-state index in [4.69, 9.17) is 0 Å². The number of nitrogens with zero attached hydrogens (tertiary/aromatic N) is 2. The minimum atomic E-state index is 0.366. The van der Waals surface area contributed by atoms with Gasteiger partial charge >= 0.3 is 0 Å². The van der Waals surface area contributed by atoms with Crippen LogP contribution in [-0.4, -0.2) is 13.1 Å². The fourth-order valence-electron chi connectivity index (χ4n) is 6.45. The van der Waals surface area contributed by atoms with E-state index in [2.05, 4.69) is 115 Å². The van der Waals surface area contributed by atoms with Gasteiger partial charge in [-0.05, 0) is 57.5 Å². The van der Waals surface area contributed by atoms with Crippen molar-refractivity contribution in [3.05, 3.63) is 49.1 Å². The summed E-state index contributed by atoms with van der Waals surface area (Å²) in [5.41, 5.74) is 2.47. The molecular formula is C42H74Br2N4+2. The molecule has 0 aromatic carbocycles. The molecule has 2 heterocycles. The number of halogens is 2. The fourth-order valence-corrected chi connectivity index (χ4v) is 7.65. The van der Waals surface area contributed by atoms with Crippen LogP contribution in [0.5, 0.6) is 0 Å². The third-order valence-corrected chi connectivity index (χ3v) is 11.6. The van der Waals surface area contributed by atoms with Crippen LogP contribution in [0.4, 0.5) is 11.4 Å². The third-order valence-electron chi connectivity index (χ3n) is 9.71. The molecule has 2 N–H and O–H groups in total. The molecule has 0 radical (unpaired) electrons. The lowest BCUT2D eigenvalue weighted by Crippen LogP contribution is -2.35. The molecule has 0 saturated carbocycles. The van der Waals surface area contributed by atoms with Crippen molar-refractivity contribution in [2.24, 2.45) is 0 Å². The van der Waals surface area contributed by atoms with Crippen molar-refractivity contribution in [2.45, 2.75) is 191 Å². The van der Waals surface area contributed by atoms with E-state index >= 15 is 0 Å². The molecule has 0 fully saturated rings. The molecule has 0 bridgehead atoms. The molecule has 274 valence electrons. The Labute approximate surface area is 314 Å². The third kappa shape index (κ3) is 22.6. The molecule has 2 unspecified atom stereocenters. The van der Waals surface area contributed by atoms with E-state index in [0.717, 1.165) is 25.9 Å². The highest BCUT2D eigenvalue weighted by Gasteiger charge is 2.15. The Morgan fingerprint density at radius 1 is 0.417 bits per heavy atom. The van der Waals surface area contributed by atoms with Gasteiger partial charge in [-0.15, -0.1) is 0 Å². The Kier molecular flexibility index (Phi) is 27.5. The molecule has 0 spiro atoms. The van der Waals surface area contributed by atoms with E-state index in [-0.39, 0.29) is 0 Å². The van der Waals surface area contributed by atoms with Crippen LogP contribution in [0.25, 0.3) is 0 Å². The number of anilines is 2. The first-order chi connectivity index (χ1) is 23.6. The van der Waals surface area contributed by atoms with Gasteiger partial charge in [0.05, 0.1) is 0 Å². The van der Waals surface area contributed by atoms with Crippen molar-refractivity contribution >= 4 is 43.2 Å². The molecule has 4 nitrogen and oxygen atoms in total. The molecule has 0 aliphatic rings. The van der Waals surface area contributed by atoms with Crippen LogP contribution >= 0.6 is 31.9 Å². The van der Waals surface area contributed by atoms with Crippen LogP contribution < -0.4 is 19.8 Å². The van der Waals surface area contributed by atoms with Crippen LogP contribution in [0.2, 0.25) is 0 Å². The number of aromatic nitrogens is 2. The number of pyridine rings is 2. The van der Waals surface area contributed by atoms with Crippen molar-refractivity contribution in [1.82, 2.24) is 0 Å². The van der Waals surface area contributed by atoms with Crippen molar-refractivity contribution in [1.29, 1.82) is 0 Å². The summed E-state index contributed by atoms with van der Waals surface area (Å²) in [6.45, 7) is 6.74. The number of hydrogen-bond acceptors (Lipinski definition) is 2. The average molecular weight is 795 g/mol. The first-order valence-electron chi connectivity index (χ1n) is 20.4. The Morgan fingerprint density at radius 2 is 0.688 bits per heavy atom. The molecule has 48 heavy (non-hydrogen) atoms. The summed E-state index contributed by atoms with van der Waals surface area (Å²) in [6.07, 6.45) is 44.0. The topological polar surface area (TPSA) is 31.8 Å². The number of rotatable bonds is 33. The second-order valence-electron chi connectivity index (χ2n) is 14.1. The van der Waals surface area contributed by atoms with Crippen LogP contribution in [0.3, 0.4) is 0 Å². The summed E-state index contributed by atoms with van der Waals surface area (Å²) < 4.78 is 4.60. The van der Waals surface area contributed by atoms with Gasteiger partial charge in [0.25, 0.3) is 0 Å². The highest BCUT2D eigenvalue weighted by molar-refractivity contribution is 9.09. The van der Waals surface area contributed by atoms with E-state index in [9.17, 15) is 0 Å². The summed E-state index contributed by atoms with van der Waals surface area (Å²) in [5.74, 6) is 0. The average Bonchev–Trinajstić information content (AvgIpc) is 3.11. The standard InChI is InChI=1S/C42H72Br2N4/c1-3-5-7-9-11-13-15-17-21-25-33-45-39-29-35-47(36-30-39)41(43)27-23-19-20-24-28-42(44)48-37-31-40(32-38-48)46-34-26-22-18-16-14-12-10-8-6-4-2/h29-32,35-38,41-42H,3-28,33-34H2,1-2H3/p+2.